The molecule has 0 N–H and O–H groups in total. The number of methoxy groups -OCH3 is 1. The van der Waals surface area contributed by atoms with Crippen LogP contribution in [-0.2, 0) is 10.0 Å². The van der Waals surface area contributed by atoms with Crippen LogP contribution in [0.5, 0.6) is 5.75 Å². The summed E-state index contributed by atoms with van der Waals surface area (Å²) in [5.74, 6) is 0.141. The van der Waals surface area contributed by atoms with Crippen molar-refractivity contribution in [1.29, 1.82) is 0 Å². The van der Waals surface area contributed by atoms with Gasteiger partial charge >= 0.3 is 0 Å². The Morgan fingerprint density at radius 1 is 0.919 bits per heavy atom. The van der Waals surface area contributed by atoms with Gasteiger partial charge in [-0.2, -0.15) is 9.40 Å². The third-order valence-electron chi connectivity index (χ3n) is 7.38. The number of carbonyl (C=O) groups excluding carboxylic acids is 1. The van der Waals surface area contributed by atoms with Gasteiger partial charge in [-0.05, 0) is 63.3 Å². The van der Waals surface area contributed by atoms with Crippen molar-refractivity contribution in [1.82, 2.24) is 23.8 Å². The zero-order valence-corrected chi connectivity index (χ0v) is 22.7. The van der Waals surface area contributed by atoms with Gasteiger partial charge < -0.3 is 9.64 Å². The lowest BCUT2D eigenvalue weighted by atomic mass is 10.0. The van der Waals surface area contributed by atoms with E-state index in [1.807, 2.05) is 24.8 Å². The second-order valence-corrected chi connectivity index (χ2v) is 11.9. The van der Waals surface area contributed by atoms with Crippen LogP contribution in [0.25, 0.3) is 16.8 Å². The lowest BCUT2D eigenvalue weighted by Crippen LogP contribution is -2.35. The highest BCUT2D eigenvalue weighted by Gasteiger charge is 2.32. The molecule has 0 radical (unpaired) electrons. The van der Waals surface area contributed by atoms with Crippen LogP contribution in [-0.4, -0.2) is 71.4 Å². The van der Waals surface area contributed by atoms with E-state index in [2.05, 4.69) is 0 Å². The molecule has 5 rings (SSSR count). The normalized spacial score (nSPS) is 17.6. The van der Waals surface area contributed by atoms with E-state index in [1.165, 1.54) is 11.4 Å². The molecule has 0 bridgehead atoms. The maximum Gasteiger partial charge on any atom is 0.275 e. The van der Waals surface area contributed by atoms with Crippen molar-refractivity contribution in [2.45, 2.75) is 63.7 Å². The van der Waals surface area contributed by atoms with E-state index < -0.39 is 10.0 Å². The molecule has 1 amide bonds. The van der Waals surface area contributed by atoms with Crippen molar-refractivity contribution in [3.8, 4) is 16.9 Å². The number of amides is 1. The Bertz CT molecular complexity index is 1420. The highest BCUT2D eigenvalue weighted by Crippen LogP contribution is 2.36. The van der Waals surface area contributed by atoms with Crippen LogP contribution in [0.15, 0.2) is 29.2 Å². The molecule has 0 spiro atoms. The highest BCUT2D eigenvalue weighted by molar-refractivity contribution is 7.89. The van der Waals surface area contributed by atoms with Gasteiger partial charge in [0.2, 0.25) is 10.0 Å². The molecule has 198 valence electrons. The number of hydrogen-bond donors (Lipinski definition) is 0. The van der Waals surface area contributed by atoms with Gasteiger partial charge in [0.1, 0.15) is 10.6 Å². The van der Waals surface area contributed by atoms with Crippen molar-refractivity contribution in [3.05, 3.63) is 41.3 Å². The first kappa shape index (κ1) is 25.7. The Morgan fingerprint density at radius 2 is 1.57 bits per heavy atom. The van der Waals surface area contributed by atoms with Gasteiger partial charge in [-0.3, -0.25) is 4.79 Å². The number of likely N-dealkylation sites (tertiary alicyclic amines) is 1. The minimum atomic E-state index is -3.78. The summed E-state index contributed by atoms with van der Waals surface area (Å²) < 4.78 is 36.1. The number of aryl methyl sites for hydroxylation is 2. The summed E-state index contributed by atoms with van der Waals surface area (Å²) in [5.41, 5.74) is 3.64. The Hall–Kier alpha value is -2.98. The Morgan fingerprint density at radius 3 is 2.24 bits per heavy atom. The molecule has 0 unspecified atom stereocenters. The maximum absolute atomic E-state index is 13.8. The minimum Gasteiger partial charge on any atom is -0.495 e. The van der Waals surface area contributed by atoms with E-state index in [0.717, 1.165) is 56.3 Å². The average Bonchev–Trinajstić information content (AvgIpc) is 3.08. The van der Waals surface area contributed by atoms with E-state index in [1.54, 1.807) is 22.7 Å². The van der Waals surface area contributed by atoms with Gasteiger partial charge in [0.15, 0.2) is 11.3 Å². The molecule has 2 aliphatic rings. The second-order valence-electron chi connectivity index (χ2n) is 10.0. The Balaban J connectivity index is 1.69. The molecule has 10 heteroatoms. The standard InChI is InChI=1S/C27H35N5O4S/c1-19-17-20(2)32-26(28-19)24(25(29-32)27(33)30-13-7-4-5-8-14-30)21-11-12-22(36-3)23(18-21)37(34,35)31-15-9-6-10-16-31/h11-12,17-18H,4-10,13-16H2,1-3H3. The first-order valence-corrected chi connectivity index (χ1v) is 14.6. The third-order valence-corrected chi connectivity index (χ3v) is 9.30. The zero-order chi connectivity index (χ0) is 26.2. The fraction of sp³-hybridized carbons (Fsp3) is 0.519. The number of carbonyl (C=O) groups is 1. The summed E-state index contributed by atoms with van der Waals surface area (Å²) in [6, 6.07) is 7.00. The molecular weight excluding hydrogens is 490 g/mol. The first-order chi connectivity index (χ1) is 17.8. The van der Waals surface area contributed by atoms with E-state index in [4.69, 9.17) is 14.8 Å². The number of rotatable bonds is 5. The zero-order valence-electron chi connectivity index (χ0n) is 21.9. The number of fused-ring (bicyclic) bond motifs is 1. The topological polar surface area (TPSA) is 97.1 Å². The highest BCUT2D eigenvalue weighted by atomic mass is 32.2. The SMILES string of the molecule is COc1ccc(-c2c(C(=O)N3CCCCCC3)nn3c(C)cc(C)nc23)cc1S(=O)(=O)N1CCCCC1. The second kappa shape index (κ2) is 10.4. The maximum atomic E-state index is 13.8. The van der Waals surface area contributed by atoms with E-state index >= 15 is 0 Å². The number of aromatic nitrogens is 3. The third kappa shape index (κ3) is 4.84. The lowest BCUT2D eigenvalue weighted by molar-refractivity contribution is 0.0756. The van der Waals surface area contributed by atoms with Crippen LogP contribution in [0.4, 0.5) is 0 Å². The summed E-state index contributed by atoms with van der Waals surface area (Å²) in [5, 5.41) is 4.73. The quantitative estimate of drug-likeness (QED) is 0.495. The largest absolute Gasteiger partial charge is 0.495 e. The molecule has 0 aliphatic carbocycles. The van der Waals surface area contributed by atoms with Gasteiger partial charge in [-0.25, -0.2) is 17.9 Å². The fourth-order valence-electron chi connectivity index (χ4n) is 5.44. The molecule has 1 aromatic carbocycles. The Kier molecular flexibility index (Phi) is 7.22. The van der Waals surface area contributed by atoms with Crippen LogP contribution >= 0.6 is 0 Å². The smallest absolute Gasteiger partial charge is 0.275 e. The number of piperidine rings is 1. The molecule has 2 saturated heterocycles. The van der Waals surface area contributed by atoms with Crippen molar-refractivity contribution in [3.63, 3.8) is 0 Å². The summed E-state index contributed by atoms with van der Waals surface area (Å²) in [6.45, 7) is 6.19. The molecule has 9 nitrogen and oxygen atoms in total. The van der Waals surface area contributed by atoms with E-state index in [0.29, 0.717) is 48.6 Å². The van der Waals surface area contributed by atoms with Gasteiger partial charge in [0.05, 0.1) is 12.7 Å². The van der Waals surface area contributed by atoms with Crippen molar-refractivity contribution in [2.24, 2.45) is 0 Å². The Labute approximate surface area is 218 Å². The average molecular weight is 526 g/mol. The van der Waals surface area contributed by atoms with E-state index in [-0.39, 0.29) is 16.6 Å². The monoisotopic (exact) mass is 525 g/mol. The van der Waals surface area contributed by atoms with Crippen molar-refractivity contribution in [2.75, 3.05) is 33.3 Å². The summed E-state index contributed by atoms with van der Waals surface area (Å²) in [7, 11) is -2.31. The number of nitrogens with zero attached hydrogens (tertiary/aromatic N) is 5. The number of benzene rings is 1. The number of ether oxygens (including phenoxy) is 1. The molecule has 37 heavy (non-hydrogen) atoms. The van der Waals surface area contributed by atoms with Gasteiger partial charge in [-0.1, -0.05) is 25.3 Å². The van der Waals surface area contributed by atoms with Crippen LogP contribution in [0.2, 0.25) is 0 Å². The van der Waals surface area contributed by atoms with Crippen molar-refractivity contribution >= 4 is 21.6 Å². The van der Waals surface area contributed by atoms with Crippen LogP contribution in [0, 0.1) is 13.8 Å². The van der Waals surface area contributed by atoms with Crippen molar-refractivity contribution < 1.29 is 17.9 Å². The molecule has 2 aromatic heterocycles. The van der Waals surface area contributed by atoms with Crippen LogP contribution in [0.1, 0.15) is 66.8 Å². The lowest BCUT2D eigenvalue weighted by Gasteiger charge is -2.26. The first-order valence-electron chi connectivity index (χ1n) is 13.2. The van der Waals surface area contributed by atoms with E-state index in [9.17, 15) is 13.2 Å². The molecule has 3 aromatic rings. The fourth-order valence-corrected chi connectivity index (χ4v) is 7.14. The molecule has 4 heterocycles. The molecule has 2 aliphatic heterocycles. The molecular formula is C27H35N5O4S. The molecule has 0 atom stereocenters. The number of hydrogen-bond acceptors (Lipinski definition) is 6. The van der Waals surface area contributed by atoms with Crippen LogP contribution in [0.3, 0.4) is 0 Å². The van der Waals surface area contributed by atoms with Gasteiger partial charge in [-0.15, -0.1) is 0 Å². The molecule has 2 fully saturated rings. The summed E-state index contributed by atoms with van der Waals surface area (Å²) in [6.07, 6.45) is 6.85. The predicted molar refractivity (Wildman–Crippen MR) is 141 cm³/mol. The van der Waals surface area contributed by atoms with Gasteiger partial charge in [0.25, 0.3) is 5.91 Å². The minimum absolute atomic E-state index is 0.103. The molecule has 0 saturated carbocycles. The van der Waals surface area contributed by atoms with Gasteiger partial charge in [0, 0.05) is 37.6 Å². The predicted octanol–water partition coefficient (Wildman–Crippen LogP) is 4.21. The number of sulfonamides is 1. The summed E-state index contributed by atoms with van der Waals surface area (Å²) in [4.78, 5) is 20.6. The summed E-state index contributed by atoms with van der Waals surface area (Å²) >= 11 is 0. The van der Waals surface area contributed by atoms with Crippen LogP contribution < -0.4 is 4.74 Å².